The predicted molar refractivity (Wildman–Crippen MR) is 144 cm³/mol. The number of fused-ring (bicyclic) bond motifs is 2. The molecule has 1 N–H and O–H groups in total. The summed E-state index contributed by atoms with van der Waals surface area (Å²) in [5.41, 5.74) is 4.56. The molecule has 1 aliphatic heterocycles. The molecule has 3 saturated carbocycles. The Morgan fingerprint density at radius 1 is 1.15 bits per heavy atom. The summed E-state index contributed by atoms with van der Waals surface area (Å²) in [7, 11) is 0. The number of ether oxygens (including phenoxy) is 1. The van der Waals surface area contributed by atoms with Gasteiger partial charge in [-0.1, -0.05) is 0 Å². The molecule has 11 nitrogen and oxygen atoms in total. The summed E-state index contributed by atoms with van der Waals surface area (Å²) in [6.45, 7) is 2.91. The molecule has 0 bridgehead atoms. The summed E-state index contributed by atoms with van der Waals surface area (Å²) in [6.07, 6.45) is 11.4. The molecular weight excluding hydrogens is 508 g/mol. The van der Waals surface area contributed by atoms with Crippen LogP contribution >= 0.6 is 0 Å². The van der Waals surface area contributed by atoms with E-state index in [0.717, 1.165) is 35.7 Å². The zero-order chi connectivity index (χ0) is 27.0. The van der Waals surface area contributed by atoms with Crippen LogP contribution in [0.5, 0.6) is 5.75 Å². The maximum absolute atomic E-state index is 12.9. The first kappa shape index (κ1) is 23.5. The molecule has 3 aliphatic carbocycles. The van der Waals surface area contributed by atoms with E-state index >= 15 is 0 Å². The third kappa shape index (κ3) is 4.25. The highest BCUT2D eigenvalue weighted by atomic mass is 16.5. The van der Waals surface area contributed by atoms with Gasteiger partial charge < -0.3 is 19.4 Å². The number of hydrogen-bond donors (Lipinski definition) is 1. The maximum Gasteiger partial charge on any atom is 0.230 e. The fourth-order valence-electron chi connectivity index (χ4n) is 5.84. The number of rotatable bonds is 8. The van der Waals surface area contributed by atoms with Gasteiger partial charge in [-0.25, -0.2) is 15.0 Å². The Hall–Kier alpha value is -4.41. The molecule has 0 radical (unpaired) electrons. The lowest BCUT2D eigenvalue weighted by Gasteiger charge is -2.20. The van der Waals surface area contributed by atoms with Gasteiger partial charge in [-0.3, -0.25) is 9.59 Å². The molecule has 2 amide bonds. The van der Waals surface area contributed by atoms with E-state index in [4.69, 9.17) is 9.72 Å². The van der Waals surface area contributed by atoms with Crippen LogP contribution in [0.4, 0.5) is 11.5 Å². The van der Waals surface area contributed by atoms with Gasteiger partial charge in [0.2, 0.25) is 11.8 Å². The van der Waals surface area contributed by atoms with Crippen LogP contribution in [0.3, 0.4) is 0 Å². The van der Waals surface area contributed by atoms with E-state index in [1.165, 1.54) is 24.6 Å². The molecule has 4 aromatic rings. The molecule has 4 atom stereocenters. The molecule has 5 heterocycles. The third-order valence-electron chi connectivity index (χ3n) is 8.40. The third-order valence-corrected chi connectivity index (χ3v) is 8.40. The van der Waals surface area contributed by atoms with Gasteiger partial charge in [0.1, 0.15) is 18.2 Å². The van der Waals surface area contributed by atoms with E-state index in [-0.39, 0.29) is 36.2 Å². The second-order valence-corrected chi connectivity index (χ2v) is 11.5. The van der Waals surface area contributed by atoms with Crippen molar-refractivity contribution in [3.05, 3.63) is 65.8 Å². The predicted octanol–water partition coefficient (Wildman–Crippen LogP) is 3.40. The van der Waals surface area contributed by atoms with Gasteiger partial charge in [-0.15, -0.1) is 5.10 Å². The molecule has 4 fully saturated rings. The van der Waals surface area contributed by atoms with Crippen LogP contribution in [0.1, 0.15) is 60.3 Å². The first-order valence-corrected chi connectivity index (χ1v) is 13.9. The van der Waals surface area contributed by atoms with E-state index in [2.05, 4.69) is 37.7 Å². The van der Waals surface area contributed by atoms with Crippen molar-refractivity contribution < 1.29 is 14.3 Å². The van der Waals surface area contributed by atoms with E-state index < -0.39 is 0 Å². The smallest absolute Gasteiger partial charge is 0.230 e. The van der Waals surface area contributed by atoms with Crippen LogP contribution in [-0.4, -0.2) is 47.9 Å². The van der Waals surface area contributed by atoms with Crippen molar-refractivity contribution in [3.63, 3.8) is 0 Å². The van der Waals surface area contributed by atoms with Crippen molar-refractivity contribution in [2.45, 2.75) is 51.0 Å². The van der Waals surface area contributed by atoms with Gasteiger partial charge in [0.25, 0.3) is 0 Å². The van der Waals surface area contributed by atoms with Crippen molar-refractivity contribution in [2.24, 2.45) is 17.8 Å². The van der Waals surface area contributed by atoms with Crippen molar-refractivity contribution in [2.75, 3.05) is 16.8 Å². The van der Waals surface area contributed by atoms with Crippen LogP contribution < -0.4 is 15.0 Å². The molecule has 4 aliphatic rings. The fraction of sp³-hybridized carbons (Fsp3) is 0.414. The number of imidazole rings is 1. The highest BCUT2D eigenvalue weighted by molar-refractivity contribution is 6.02. The first-order valence-electron chi connectivity index (χ1n) is 13.9. The molecule has 8 rings (SSSR count). The van der Waals surface area contributed by atoms with Gasteiger partial charge in [-0.05, 0) is 62.1 Å². The normalized spacial score (nSPS) is 24.7. The number of nitrogens with one attached hydrogen (secondary N) is 1. The van der Waals surface area contributed by atoms with Gasteiger partial charge >= 0.3 is 0 Å². The number of pyridine rings is 1. The minimum absolute atomic E-state index is 0.0225. The molecule has 0 unspecified atom stereocenters. The number of carbonyl (C=O) groups excluding carboxylic acids is 2. The Balaban J connectivity index is 0.962. The Labute approximate surface area is 230 Å². The lowest BCUT2D eigenvalue weighted by Crippen LogP contribution is -2.28. The summed E-state index contributed by atoms with van der Waals surface area (Å²) in [5, 5.41) is 10.9. The Morgan fingerprint density at radius 2 is 2.05 bits per heavy atom. The van der Waals surface area contributed by atoms with E-state index in [9.17, 15) is 9.59 Å². The molecule has 11 heteroatoms. The summed E-state index contributed by atoms with van der Waals surface area (Å²) in [4.78, 5) is 41.2. The van der Waals surface area contributed by atoms with E-state index in [1.807, 2.05) is 28.5 Å². The number of aryl methyl sites for hydroxylation is 1. The average molecular weight is 537 g/mol. The zero-order valence-corrected chi connectivity index (χ0v) is 22.0. The van der Waals surface area contributed by atoms with Gasteiger partial charge in [0.05, 0.1) is 17.6 Å². The zero-order valence-electron chi connectivity index (χ0n) is 22.0. The van der Waals surface area contributed by atoms with Gasteiger partial charge in [0, 0.05) is 54.6 Å². The highest BCUT2D eigenvalue weighted by Crippen LogP contribution is 2.49. The van der Waals surface area contributed by atoms with Crippen molar-refractivity contribution in [1.82, 2.24) is 29.5 Å². The van der Waals surface area contributed by atoms with E-state index in [0.29, 0.717) is 35.6 Å². The largest absolute Gasteiger partial charge is 0.485 e. The maximum atomic E-state index is 12.9. The summed E-state index contributed by atoms with van der Waals surface area (Å²) in [6, 6.07) is 5.66. The SMILES string of the molecule is Cc1ccnc([C@H]2C[C@@H]2C(=O)Nc2cc(OCc3cn4cc(C5CC5)cc(N5C[C@@H]6C[C@@H]6C5=O)c4n3)cnn2)n1. The number of anilines is 2. The summed E-state index contributed by atoms with van der Waals surface area (Å²) in [5.74, 6) is 2.68. The van der Waals surface area contributed by atoms with Gasteiger partial charge in [0.15, 0.2) is 11.5 Å². The second-order valence-electron chi connectivity index (χ2n) is 11.5. The van der Waals surface area contributed by atoms with Crippen molar-refractivity contribution >= 4 is 29.0 Å². The lowest BCUT2D eigenvalue weighted by molar-refractivity contribution is -0.119. The molecule has 202 valence electrons. The minimum Gasteiger partial charge on any atom is -0.485 e. The van der Waals surface area contributed by atoms with Crippen LogP contribution in [0.15, 0.2) is 43.0 Å². The number of aromatic nitrogens is 6. The van der Waals surface area contributed by atoms with Gasteiger partial charge in [-0.2, -0.15) is 5.10 Å². The first-order chi connectivity index (χ1) is 19.5. The highest BCUT2D eigenvalue weighted by Gasteiger charge is 2.53. The molecule has 0 spiro atoms. The minimum atomic E-state index is -0.186. The fourth-order valence-corrected chi connectivity index (χ4v) is 5.84. The number of nitrogens with zero attached hydrogens (tertiary/aromatic N) is 7. The van der Waals surface area contributed by atoms with Crippen LogP contribution in [0.2, 0.25) is 0 Å². The second kappa shape index (κ2) is 8.80. The van der Waals surface area contributed by atoms with Crippen molar-refractivity contribution in [3.8, 4) is 5.75 Å². The summed E-state index contributed by atoms with van der Waals surface area (Å²) >= 11 is 0. The monoisotopic (exact) mass is 536 g/mol. The standard InChI is InChI=1S/C29H28N8O3/c1-15-4-5-30-26(32-15)22-9-23(22)28(38)34-25-8-20(10-31-35-25)40-14-19-13-36-11-17(16-2-3-16)7-24(27(36)33-19)37-12-18-6-21(18)29(37)39/h4-5,7-8,10-11,13,16,18,21-23H,2-3,6,9,12,14H2,1H3,(H,34,35,38)/t18-,21-,22-,23-/m0/s1. The molecule has 0 aromatic carbocycles. The topological polar surface area (TPSA) is 128 Å². The number of hydrogen-bond acceptors (Lipinski definition) is 8. The average Bonchev–Trinajstić information content (AvgIpc) is 3.85. The van der Waals surface area contributed by atoms with Crippen LogP contribution in [0, 0.1) is 24.7 Å². The van der Waals surface area contributed by atoms with E-state index in [1.54, 1.807) is 12.3 Å². The molecule has 1 saturated heterocycles. The Kier molecular flexibility index (Phi) is 5.17. The molecule has 4 aromatic heterocycles. The number of piperidine rings is 1. The molecule has 40 heavy (non-hydrogen) atoms. The molecular formula is C29H28N8O3. The Bertz CT molecular complexity index is 1680. The van der Waals surface area contributed by atoms with Crippen LogP contribution in [0.25, 0.3) is 5.65 Å². The van der Waals surface area contributed by atoms with Crippen molar-refractivity contribution in [1.29, 1.82) is 0 Å². The van der Waals surface area contributed by atoms with Crippen LogP contribution in [-0.2, 0) is 16.2 Å². The summed E-state index contributed by atoms with van der Waals surface area (Å²) < 4.78 is 8.02. The Morgan fingerprint density at radius 3 is 2.85 bits per heavy atom. The number of amides is 2. The quantitative estimate of drug-likeness (QED) is 0.363. The lowest BCUT2D eigenvalue weighted by atomic mass is 10.1. The number of carbonyl (C=O) groups is 2.